The number of nitrogens with zero attached hydrogens (tertiary/aromatic N) is 2. The molecule has 4 nitrogen and oxygen atoms in total. The largest absolute Gasteiger partial charge is 0.342 e. The Bertz CT molecular complexity index is 1440. The van der Waals surface area contributed by atoms with E-state index in [-0.39, 0.29) is 5.91 Å². The first-order valence-electron chi connectivity index (χ1n) is 10.3. The Labute approximate surface area is 205 Å². The van der Waals surface area contributed by atoms with Gasteiger partial charge in [-0.2, -0.15) is 0 Å². The second-order valence-electron chi connectivity index (χ2n) is 7.77. The Kier molecular flexibility index (Phi) is 6.02. The predicted molar refractivity (Wildman–Crippen MR) is 139 cm³/mol. The van der Waals surface area contributed by atoms with Gasteiger partial charge in [0.25, 0.3) is 5.91 Å². The van der Waals surface area contributed by atoms with E-state index in [9.17, 15) is 4.79 Å². The highest BCUT2D eigenvalue weighted by Gasteiger charge is 2.25. The lowest BCUT2D eigenvalue weighted by Gasteiger charge is -2.06. The summed E-state index contributed by atoms with van der Waals surface area (Å²) in [6.45, 7) is 2.84. The molecule has 0 aliphatic carbocycles. The van der Waals surface area contributed by atoms with E-state index in [2.05, 4.69) is 64.4 Å². The number of thioether (sulfide) groups is 1. The molecule has 1 aromatic heterocycles. The number of aryl methyl sites for hydroxylation is 1. The van der Waals surface area contributed by atoms with Gasteiger partial charge in [-0.05, 0) is 48.5 Å². The van der Waals surface area contributed by atoms with Crippen LogP contribution in [0, 0.1) is 6.92 Å². The molecule has 0 bridgehead atoms. The smallest absolute Gasteiger partial charge is 0.264 e. The Hall–Kier alpha value is -2.99. The van der Waals surface area contributed by atoms with Crippen LogP contribution in [-0.4, -0.2) is 15.6 Å². The number of aromatic nitrogens is 1. The molecule has 33 heavy (non-hydrogen) atoms. The van der Waals surface area contributed by atoms with E-state index < -0.39 is 0 Å². The summed E-state index contributed by atoms with van der Waals surface area (Å²) in [6, 6.07) is 22.0. The number of hydrogen-bond acceptors (Lipinski definition) is 3. The van der Waals surface area contributed by atoms with Crippen molar-refractivity contribution in [1.82, 2.24) is 9.88 Å². The number of carbonyl (C=O) groups excluding carboxylic acids is 1. The van der Waals surface area contributed by atoms with E-state index in [0.717, 1.165) is 23.0 Å². The fourth-order valence-electron chi connectivity index (χ4n) is 3.72. The van der Waals surface area contributed by atoms with Gasteiger partial charge < -0.3 is 9.88 Å². The first-order valence-corrected chi connectivity index (χ1v) is 11.9. The maximum Gasteiger partial charge on any atom is 0.264 e. The van der Waals surface area contributed by atoms with Crippen LogP contribution in [0.4, 0.5) is 5.69 Å². The third-order valence-electron chi connectivity index (χ3n) is 5.38. The van der Waals surface area contributed by atoms with Crippen molar-refractivity contribution in [3.8, 4) is 0 Å². The zero-order valence-electron chi connectivity index (χ0n) is 17.7. The number of amides is 1. The average molecular weight is 492 g/mol. The van der Waals surface area contributed by atoms with Gasteiger partial charge in [-0.1, -0.05) is 77.3 Å². The summed E-state index contributed by atoms with van der Waals surface area (Å²) in [5, 5.41) is 5.16. The van der Waals surface area contributed by atoms with Crippen LogP contribution in [0.1, 0.15) is 16.7 Å². The second kappa shape index (κ2) is 9.10. The third-order valence-corrected chi connectivity index (χ3v) is 7.10. The normalized spacial score (nSPS) is 16.2. The SMILES string of the molecule is Cc1ccc(Cn2cc(/C=C3/SC(=Nc4cccc(Cl)c4Cl)NC3=O)c3ccccc32)cc1. The van der Waals surface area contributed by atoms with E-state index in [1.54, 1.807) is 18.2 Å². The summed E-state index contributed by atoms with van der Waals surface area (Å²) in [7, 11) is 0. The molecule has 0 radical (unpaired) electrons. The Morgan fingerprint density at radius 1 is 1.03 bits per heavy atom. The van der Waals surface area contributed by atoms with E-state index in [1.807, 2.05) is 18.2 Å². The number of halogens is 2. The molecular weight excluding hydrogens is 473 g/mol. The fourth-order valence-corrected chi connectivity index (χ4v) is 4.88. The highest BCUT2D eigenvalue weighted by Crippen LogP contribution is 2.35. The van der Waals surface area contributed by atoms with E-state index in [0.29, 0.717) is 25.8 Å². The summed E-state index contributed by atoms with van der Waals surface area (Å²) in [4.78, 5) is 17.7. The summed E-state index contributed by atoms with van der Waals surface area (Å²) in [6.07, 6.45) is 4.00. The maximum absolute atomic E-state index is 12.7. The molecule has 1 saturated heterocycles. The molecule has 1 aliphatic rings. The maximum atomic E-state index is 12.7. The van der Waals surface area contributed by atoms with Gasteiger partial charge in [0, 0.05) is 29.2 Å². The molecule has 164 valence electrons. The van der Waals surface area contributed by atoms with Crippen molar-refractivity contribution in [3.05, 3.63) is 105 Å². The summed E-state index contributed by atoms with van der Waals surface area (Å²) < 4.78 is 2.21. The molecule has 1 fully saturated rings. The molecule has 3 aromatic carbocycles. The molecule has 2 heterocycles. The number of aliphatic imine (C=N–C) groups is 1. The number of nitrogens with one attached hydrogen (secondary N) is 1. The lowest BCUT2D eigenvalue weighted by atomic mass is 10.1. The zero-order valence-corrected chi connectivity index (χ0v) is 20.0. The molecule has 0 saturated carbocycles. The van der Waals surface area contributed by atoms with Gasteiger partial charge in [0.05, 0.1) is 20.6 Å². The van der Waals surface area contributed by atoms with Crippen molar-refractivity contribution in [2.45, 2.75) is 13.5 Å². The van der Waals surface area contributed by atoms with Gasteiger partial charge in [-0.3, -0.25) is 4.79 Å². The first kappa shape index (κ1) is 21.8. The van der Waals surface area contributed by atoms with Crippen LogP contribution >= 0.6 is 35.0 Å². The molecule has 1 amide bonds. The molecule has 0 unspecified atom stereocenters. The highest BCUT2D eigenvalue weighted by atomic mass is 35.5. The minimum absolute atomic E-state index is 0.188. The van der Waals surface area contributed by atoms with Crippen molar-refractivity contribution in [3.63, 3.8) is 0 Å². The number of fused-ring (bicyclic) bond motifs is 1. The number of hydrogen-bond donors (Lipinski definition) is 1. The van der Waals surface area contributed by atoms with Gasteiger partial charge in [-0.15, -0.1) is 0 Å². The van der Waals surface area contributed by atoms with E-state index in [4.69, 9.17) is 23.2 Å². The molecule has 4 aromatic rings. The minimum atomic E-state index is -0.188. The molecular formula is C26H19Cl2N3OS. The predicted octanol–water partition coefficient (Wildman–Crippen LogP) is 7.20. The Morgan fingerprint density at radius 3 is 2.64 bits per heavy atom. The van der Waals surface area contributed by atoms with Crippen molar-refractivity contribution in [1.29, 1.82) is 0 Å². The van der Waals surface area contributed by atoms with Crippen LogP contribution in [0.2, 0.25) is 10.0 Å². The van der Waals surface area contributed by atoms with Crippen LogP contribution in [0.5, 0.6) is 0 Å². The van der Waals surface area contributed by atoms with E-state index in [1.165, 1.54) is 22.9 Å². The topological polar surface area (TPSA) is 46.4 Å². The molecule has 1 aliphatic heterocycles. The highest BCUT2D eigenvalue weighted by molar-refractivity contribution is 8.18. The average Bonchev–Trinajstić information content (AvgIpc) is 3.33. The number of rotatable bonds is 4. The molecule has 0 atom stereocenters. The second-order valence-corrected chi connectivity index (χ2v) is 9.59. The van der Waals surface area contributed by atoms with Gasteiger partial charge >= 0.3 is 0 Å². The van der Waals surface area contributed by atoms with Crippen molar-refractivity contribution < 1.29 is 4.79 Å². The zero-order chi connectivity index (χ0) is 22.9. The minimum Gasteiger partial charge on any atom is -0.342 e. The summed E-state index contributed by atoms with van der Waals surface area (Å²) in [5.74, 6) is -0.188. The number of carbonyl (C=O) groups is 1. The van der Waals surface area contributed by atoms with Crippen LogP contribution in [0.25, 0.3) is 17.0 Å². The molecule has 1 N–H and O–H groups in total. The van der Waals surface area contributed by atoms with Gasteiger partial charge in [0.2, 0.25) is 0 Å². The Balaban J connectivity index is 1.47. The van der Waals surface area contributed by atoms with Crippen LogP contribution < -0.4 is 5.32 Å². The van der Waals surface area contributed by atoms with E-state index >= 15 is 0 Å². The van der Waals surface area contributed by atoms with Crippen molar-refractivity contribution in [2.75, 3.05) is 0 Å². The lowest BCUT2D eigenvalue weighted by Crippen LogP contribution is -2.19. The number of para-hydroxylation sites is 1. The fraction of sp³-hybridized carbons (Fsp3) is 0.0769. The van der Waals surface area contributed by atoms with Gasteiger partial charge in [0.1, 0.15) is 0 Å². The van der Waals surface area contributed by atoms with Crippen LogP contribution in [0.15, 0.2) is 82.8 Å². The third kappa shape index (κ3) is 4.58. The molecule has 7 heteroatoms. The number of benzene rings is 3. The summed E-state index contributed by atoms with van der Waals surface area (Å²) >= 11 is 13.6. The monoisotopic (exact) mass is 491 g/mol. The van der Waals surface area contributed by atoms with Crippen molar-refractivity contribution >= 4 is 68.7 Å². The quantitative estimate of drug-likeness (QED) is 0.307. The van der Waals surface area contributed by atoms with Crippen molar-refractivity contribution in [2.24, 2.45) is 4.99 Å². The Morgan fingerprint density at radius 2 is 1.82 bits per heavy atom. The number of amidine groups is 1. The van der Waals surface area contributed by atoms with Crippen LogP contribution in [0.3, 0.4) is 0 Å². The molecule has 0 spiro atoms. The standard InChI is InChI=1S/C26H19Cl2N3OS/c1-16-9-11-17(12-10-16)14-31-15-18(19-5-2-3-8-22(19)31)13-23-25(32)30-26(33-23)29-21-7-4-6-20(27)24(21)28/h2-13,15H,14H2,1H3,(H,29,30,32)/b23-13+. The lowest BCUT2D eigenvalue weighted by molar-refractivity contribution is -0.115. The van der Waals surface area contributed by atoms with Crippen LogP contribution in [-0.2, 0) is 11.3 Å². The first-order chi connectivity index (χ1) is 16.0. The van der Waals surface area contributed by atoms with Gasteiger partial charge in [0.15, 0.2) is 5.17 Å². The van der Waals surface area contributed by atoms with Gasteiger partial charge in [-0.25, -0.2) is 4.99 Å². The summed E-state index contributed by atoms with van der Waals surface area (Å²) in [5.41, 5.74) is 5.08. The molecule has 5 rings (SSSR count).